The van der Waals surface area contributed by atoms with Crippen LogP contribution in [0.1, 0.15) is 6.92 Å². The number of fused-ring (bicyclic) bond motifs is 2. The van der Waals surface area contributed by atoms with Crippen molar-refractivity contribution >= 4 is 43.4 Å². The highest BCUT2D eigenvalue weighted by Crippen LogP contribution is 2.24. The number of rotatable bonds is 6. The predicted molar refractivity (Wildman–Crippen MR) is 125 cm³/mol. The molecule has 0 saturated carbocycles. The molecule has 0 saturated heterocycles. The Morgan fingerprint density at radius 2 is 1.66 bits per heavy atom. The van der Waals surface area contributed by atoms with Gasteiger partial charge in [-0.25, -0.2) is 13.2 Å². The van der Waals surface area contributed by atoms with Crippen molar-refractivity contribution in [1.82, 2.24) is 13.4 Å². The van der Waals surface area contributed by atoms with E-state index in [2.05, 4.69) is 5.32 Å². The molecule has 8 nitrogen and oxygen atoms in total. The molecular formula is C23H24N4O4S. The number of carbonyl (C=O) groups excluding carboxylic acids is 1. The average molecular weight is 453 g/mol. The molecule has 1 heterocycles. The van der Waals surface area contributed by atoms with E-state index in [9.17, 15) is 18.0 Å². The summed E-state index contributed by atoms with van der Waals surface area (Å²) in [6.07, 6.45) is 0. The Morgan fingerprint density at radius 3 is 2.41 bits per heavy atom. The fourth-order valence-electron chi connectivity index (χ4n) is 3.85. The number of likely N-dealkylation sites (N-methyl/N-ethyl adjacent to an activating group) is 1. The van der Waals surface area contributed by atoms with Crippen LogP contribution in [0, 0.1) is 0 Å². The largest absolute Gasteiger partial charge is 0.328 e. The number of hydrogen-bond donors (Lipinski definition) is 1. The Bertz CT molecular complexity index is 1500. The van der Waals surface area contributed by atoms with E-state index >= 15 is 0 Å². The lowest BCUT2D eigenvalue weighted by Gasteiger charge is -2.20. The van der Waals surface area contributed by atoms with E-state index in [-0.39, 0.29) is 23.7 Å². The Balaban J connectivity index is 1.61. The van der Waals surface area contributed by atoms with Gasteiger partial charge in [0.1, 0.15) is 0 Å². The topological polar surface area (TPSA) is 93.4 Å². The number of carbonyl (C=O) groups is 1. The van der Waals surface area contributed by atoms with Crippen molar-refractivity contribution in [3.05, 3.63) is 71.1 Å². The number of sulfonamides is 1. The predicted octanol–water partition coefficient (Wildman–Crippen LogP) is 2.68. The van der Waals surface area contributed by atoms with Crippen LogP contribution in [-0.4, -0.2) is 40.9 Å². The molecular weight excluding hydrogens is 428 g/mol. The molecule has 0 spiro atoms. The van der Waals surface area contributed by atoms with Gasteiger partial charge in [0.25, 0.3) is 0 Å². The van der Waals surface area contributed by atoms with Gasteiger partial charge in [-0.05, 0) is 29.7 Å². The normalized spacial score (nSPS) is 12.0. The average Bonchev–Trinajstić information content (AvgIpc) is 3.01. The molecule has 166 valence electrons. The number of anilines is 1. The highest BCUT2D eigenvalue weighted by atomic mass is 32.2. The summed E-state index contributed by atoms with van der Waals surface area (Å²) in [5.74, 6) is -0.431. The minimum absolute atomic E-state index is 0.0333. The number of imidazole rings is 1. The van der Waals surface area contributed by atoms with Gasteiger partial charge in [0.15, 0.2) is 0 Å². The van der Waals surface area contributed by atoms with Crippen LogP contribution >= 0.6 is 0 Å². The molecule has 1 amide bonds. The third-order valence-electron chi connectivity index (χ3n) is 5.62. The van der Waals surface area contributed by atoms with Gasteiger partial charge in [-0.1, -0.05) is 43.3 Å². The van der Waals surface area contributed by atoms with Crippen LogP contribution in [0.3, 0.4) is 0 Å². The number of nitrogens with zero attached hydrogens (tertiary/aromatic N) is 3. The molecule has 0 radical (unpaired) electrons. The van der Waals surface area contributed by atoms with Crippen molar-refractivity contribution < 1.29 is 13.2 Å². The van der Waals surface area contributed by atoms with Gasteiger partial charge in [0, 0.05) is 31.7 Å². The third kappa shape index (κ3) is 3.69. The molecule has 4 rings (SSSR count). The Kier molecular flexibility index (Phi) is 5.62. The summed E-state index contributed by atoms with van der Waals surface area (Å²) < 4.78 is 30.5. The molecule has 32 heavy (non-hydrogen) atoms. The van der Waals surface area contributed by atoms with Crippen LogP contribution in [0.25, 0.3) is 21.8 Å². The van der Waals surface area contributed by atoms with Gasteiger partial charge in [-0.3, -0.25) is 13.9 Å². The molecule has 3 aromatic carbocycles. The number of nitrogens with one attached hydrogen (secondary N) is 1. The minimum Gasteiger partial charge on any atom is -0.324 e. The maximum absolute atomic E-state index is 13.3. The summed E-state index contributed by atoms with van der Waals surface area (Å²) in [4.78, 5) is 24.9. The number of hydrogen-bond acceptors (Lipinski definition) is 4. The summed E-state index contributed by atoms with van der Waals surface area (Å²) in [6.45, 7) is 1.48. The van der Waals surface area contributed by atoms with E-state index in [4.69, 9.17) is 0 Å². The van der Waals surface area contributed by atoms with Crippen LogP contribution < -0.4 is 11.0 Å². The lowest BCUT2D eigenvalue weighted by molar-refractivity contribution is -0.116. The van der Waals surface area contributed by atoms with E-state index in [0.717, 1.165) is 15.1 Å². The van der Waals surface area contributed by atoms with Gasteiger partial charge in [-0.15, -0.1) is 0 Å². The van der Waals surface area contributed by atoms with E-state index in [1.165, 1.54) is 21.3 Å². The maximum Gasteiger partial charge on any atom is 0.328 e. The Labute approximate surface area is 185 Å². The van der Waals surface area contributed by atoms with Gasteiger partial charge in [0.2, 0.25) is 15.9 Å². The molecule has 1 aromatic heterocycles. The second-order valence-corrected chi connectivity index (χ2v) is 9.50. The maximum atomic E-state index is 13.3. The monoisotopic (exact) mass is 452 g/mol. The van der Waals surface area contributed by atoms with Gasteiger partial charge >= 0.3 is 5.69 Å². The minimum atomic E-state index is -3.94. The van der Waals surface area contributed by atoms with Crippen molar-refractivity contribution in [3.63, 3.8) is 0 Å². The smallest absolute Gasteiger partial charge is 0.324 e. The lowest BCUT2D eigenvalue weighted by atomic mass is 10.1. The van der Waals surface area contributed by atoms with Crippen molar-refractivity contribution in [3.8, 4) is 0 Å². The first kappa shape index (κ1) is 21.8. The van der Waals surface area contributed by atoms with E-state index in [1.54, 1.807) is 33.2 Å². The second kappa shape index (κ2) is 8.25. The van der Waals surface area contributed by atoms with Crippen LogP contribution in [0.5, 0.6) is 0 Å². The number of aryl methyl sites for hydroxylation is 2. The van der Waals surface area contributed by atoms with Crippen LogP contribution in [0.2, 0.25) is 0 Å². The summed E-state index contributed by atoms with van der Waals surface area (Å²) in [7, 11) is -0.718. The summed E-state index contributed by atoms with van der Waals surface area (Å²) >= 11 is 0. The van der Waals surface area contributed by atoms with Crippen LogP contribution in [-0.2, 0) is 28.9 Å². The molecule has 0 unspecified atom stereocenters. The summed E-state index contributed by atoms with van der Waals surface area (Å²) in [6, 6.07) is 17.8. The molecule has 0 bridgehead atoms. The highest BCUT2D eigenvalue weighted by molar-refractivity contribution is 7.89. The second-order valence-electron chi connectivity index (χ2n) is 7.56. The van der Waals surface area contributed by atoms with Crippen molar-refractivity contribution in [2.45, 2.75) is 11.8 Å². The fourth-order valence-corrected chi connectivity index (χ4v) is 5.27. The number of amides is 1. The molecule has 1 N–H and O–H groups in total. The van der Waals surface area contributed by atoms with E-state index < -0.39 is 15.9 Å². The van der Waals surface area contributed by atoms with Crippen LogP contribution in [0.15, 0.2) is 70.4 Å². The SMILES string of the molecule is CCN(CC(=O)Nc1cccc2ccccc12)S(=O)(=O)c1ccc2c(c1)n(C)c(=O)n2C. The summed E-state index contributed by atoms with van der Waals surface area (Å²) in [5, 5.41) is 4.69. The molecule has 0 aliphatic heterocycles. The van der Waals surface area contributed by atoms with Gasteiger partial charge in [0.05, 0.1) is 22.5 Å². The Morgan fingerprint density at radius 1 is 0.969 bits per heavy atom. The van der Waals surface area contributed by atoms with E-state index in [1.807, 2.05) is 36.4 Å². The number of benzene rings is 3. The quantitative estimate of drug-likeness (QED) is 0.487. The van der Waals surface area contributed by atoms with Gasteiger partial charge < -0.3 is 5.32 Å². The van der Waals surface area contributed by atoms with Crippen molar-refractivity contribution in [2.24, 2.45) is 14.1 Å². The molecule has 0 aliphatic carbocycles. The number of aromatic nitrogens is 2. The highest BCUT2D eigenvalue weighted by Gasteiger charge is 2.26. The third-order valence-corrected chi connectivity index (χ3v) is 7.53. The first-order valence-electron chi connectivity index (χ1n) is 10.2. The Hall–Kier alpha value is -3.43. The first-order chi connectivity index (χ1) is 15.2. The van der Waals surface area contributed by atoms with Crippen LogP contribution in [0.4, 0.5) is 5.69 Å². The zero-order valence-corrected chi connectivity index (χ0v) is 18.9. The molecule has 0 fully saturated rings. The van der Waals surface area contributed by atoms with Crippen molar-refractivity contribution in [1.29, 1.82) is 0 Å². The molecule has 9 heteroatoms. The van der Waals surface area contributed by atoms with Gasteiger partial charge in [-0.2, -0.15) is 4.31 Å². The van der Waals surface area contributed by atoms with Crippen molar-refractivity contribution in [2.75, 3.05) is 18.4 Å². The lowest BCUT2D eigenvalue weighted by Crippen LogP contribution is -2.37. The summed E-state index contributed by atoms with van der Waals surface area (Å²) in [5.41, 5.74) is 1.53. The standard InChI is InChI=1S/C23H24N4O4S/c1-4-27(15-22(28)24-19-11-7-9-16-8-5-6-10-18(16)19)32(30,31)17-12-13-20-21(14-17)26(3)23(29)25(20)2/h5-14H,4,15H2,1-3H3,(H,24,28). The molecule has 0 aliphatic rings. The first-order valence-corrected chi connectivity index (χ1v) is 11.6. The zero-order valence-electron chi connectivity index (χ0n) is 18.1. The molecule has 4 aromatic rings. The zero-order chi connectivity index (χ0) is 23.0. The molecule has 0 atom stereocenters. The van der Waals surface area contributed by atoms with E-state index in [0.29, 0.717) is 16.7 Å². The fraction of sp³-hybridized carbons (Fsp3) is 0.217.